The van der Waals surface area contributed by atoms with Crippen LogP contribution in [0, 0.1) is 0 Å². The summed E-state index contributed by atoms with van der Waals surface area (Å²) in [5.41, 5.74) is 23.0. The third-order valence-corrected chi connectivity index (χ3v) is 12.2. The molecular weight excluding hydrogens is 852 g/mol. The molecule has 1 unspecified atom stereocenters. The van der Waals surface area contributed by atoms with Crippen molar-refractivity contribution >= 4 is 79.6 Å². The van der Waals surface area contributed by atoms with Crippen LogP contribution in [0.2, 0.25) is 10.0 Å². The van der Waals surface area contributed by atoms with Gasteiger partial charge in [-0.2, -0.15) is 4.57 Å². The molecule has 8 aromatic rings. The number of amides is 1. The van der Waals surface area contributed by atoms with E-state index in [1.165, 1.54) is 39.2 Å². The van der Waals surface area contributed by atoms with E-state index in [9.17, 15) is 4.79 Å². The van der Waals surface area contributed by atoms with E-state index in [1.54, 1.807) is 28.9 Å². The van der Waals surface area contributed by atoms with Gasteiger partial charge in [-0.25, -0.2) is 4.68 Å². The van der Waals surface area contributed by atoms with Crippen molar-refractivity contribution in [2.75, 3.05) is 22.6 Å². The number of aryl methyl sites for hydroxylation is 1. The van der Waals surface area contributed by atoms with Crippen LogP contribution in [0.1, 0.15) is 60.1 Å². The number of anilines is 2. The first-order valence-electron chi connectivity index (χ1n) is 20.5. The largest absolute Gasteiger partial charge is 0.485 e. The Hall–Kier alpha value is -6.60. The maximum absolute atomic E-state index is 12.9. The third-order valence-electron chi connectivity index (χ3n) is 10.5. The van der Waals surface area contributed by atoms with Crippen LogP contribution >= 0.6 is 35.0 Å². The van der Waals surface area contributed by atoms with E-state index in [2.05, 4.69) is 87.7 Å². The lowest BCUT2D eigenvalue weighted by Crippen LogP contribution is -2.36. The van der Waals surface area contributed by atoms with Crippen molar-refractivity contribution in [3.63, 3.8) is 0 Å². The van der Waals surface area contributed by atoms with Gasteiger partial charge in [0.1, 0.15) is 18.9 Å². The number of hydrogen-bond donors (Lipinski definition) is 3. The maximum atomic E-state index is 12.9. The van der Waals surface area contributed by atoms with E-state index in [-0.39, 0.29) is 18.6 Å². The van der Waals surface area contributed by atoms with Gasteiger partial charge >= 0.3 is 0 Å². The molecule has 0 spiro atoms. The van der Waals surface area contributed by atoms with Gasteiger partial charge in [-0.1, -0.05) is 108 Å². The molecule has 1 atom stereocenters. The number of fused-ring (bicyclic) bond motifs is 3. The summed E-state index contributed by atoms with van der Waals surface area (Å²) in [5, 5.41) is 18.1. The van der Waals surface area contributed by atoms with E-state index < -0.39 is 0 Å². The van der Waals surface area contributed by atoms with Crippen molar-refractivity contribution in [3.8, 4) is 17.0 Å². The number of nitrogens with one attached hydrogen (secondary N) is 1. The van der Waals surface area contributed by atoms with Gasteiger partial charge < -0.3 is 21.0 Å². The molecule has 63 heavy (non-hydrogen) atoms. The average Bonchev–Trinajstić information content (AvgIpc) is 3.95. The summed E-state index contributed by atoms with van der Waals surface area (Å²) in [6, 6.07) is 44.6. The summed E-state index contributed by atoms with van der Waals surface area (Å²) < 4.78 is 10.1. The van der Waals surface area contributed by atoms with Gasteiger partial charge in [0.15, 0.2) is 11.9 Å². The topological polar surface area (TPSA) is 147 Å². The van der Waals surface area contributed by atoms with E-state index in [0.29, 0.717) is 38.8 Å². The quantitative estimate of drug-likeness (QED) is 0.0475. The van der Waals surface area contributed by atoms with Crippen molar-refractivity contribution in [1.29, 1.82) is 0 Å². The van der Waals surface area contributed by atoms with E-state index in [1.807, 2.05) is 66.7 Å². The number of nitrogens with zero attached hydrogens (tertiary/aromatic N) is 5. The van der Waals surface area contributed by atoms with Crippen LogP contribution in [0.4, 0.5) is 11.4 Å². The zero-order chi connectivity index (χ0) is 43.9. The summed E-state index contributed by atoms with van der Waals surface area (Å²) in [7, 11) is 0. The molecule has 0 bridgehead atoms. The lowest BCUT2D eigenvalue weighted by atomic mass is 9.98. The number of benzene rings is 6. The highest BCUT2D eigenvalue weighted by Crippen LogP contribution is 2.37. The molecule has 318 valence electrons. The fraction of sp³-hybridized carbons (Fsp3) is 0.163. The number of aromatic nitrogens is 4. The number of nitrogens with two attached hydrogens (primary N) is 2. The summed E-state index contributed by atoms with van der Waals surface area (Å²) in [6.45, 7) is 5.17. The second-order valence-corrected chi connectivity index (χ2v) is 16.6. The molecule has 0 radical (unpaired) electrons. The van der Waals surface area contributed by atoms with Gasteiger partial charge in [0.2, 0.25) is 16.4 Å². The highest BCUT2D eigenvalue weighted by atomic mass is 35.5. The van der Waals surface area contributed by atoms with Gasteiger partial charge in [0.25, 0.3) is 5.91 Å². The van der Waals surface area contributed by atoms with Crippen LogP contribution in [0.15, 0.2) is 150 Å². The number of carbonyl (C=O) groups is 1. The number of pyridine rings is 1. The van der Waals surface area contributed by atoms with Crippen LogP contribution in [0.25, 0.3) is 32.9 Å². The Kier molecular flexibility index (Phi) is 13.4. The molecule has 6 aromatic carbocycles. The molecule has 2 aromatic heterocycles. The van der Waals surface area contributed by atoms with Gasteiger partial charge in [-0.15, -0.1) is 10.2 Å². The monoisotopic (exact) mass is 895 g/mol. The number of ether oxygens (including phenoxy) is 1. The summed E-state index contributed by atoms with van der Waals surface area (Å²) in [5.74, 6) is 1.64. The minimum absolute atomic E-state index is 0.0757. The number of para-hydroxylation sites is 1. The molecule has 1 aliphatic heterocycles. The van der Waals surface area contributed by atoms with Crippen LogP contribution < -0.4 is 26.2 Å². The molecule has 11 nitrogen and oxygen atoms in total. The smallest absolute Gasteiger partial charge is 0.270 e. The predicted molar refractivity (Wildman–Crippen MR) is 255 cm³/mol. The minimum Gasteiger partial charge on any atom is -0.485 e. The van der Waals surface area contributed by atoms with Crippen molar-refractivity contribution < 1.29 is 18.9 Å². The number of halogens is 2. The van der Waals surface area contributed by atoms with Gasteiger partial charge in [-0.3, -0.25) is 10.2 Å². The Morgan fingerprint density at radius 2 is 1.56 bits per heavy atom. The average molecular weight is 897 g/mol. The number of oxime groups is 1. The zero-order valence-electron chi connectivity index (χ0n) is 34.7. The van der Waals surface area contributed by atoms with Crippen molar-refractivity contribution in [2.24, 2.45) is 5.16 Å². The Labute approximate surface area is 379 Å². The van der Waals surface area contributed by atoms with Crippen molar-refractivity contribution in [3.05, 3.63) is 172 Å². The maximum Gasteiger partial charge on any atom is 0.270 e. The van der Waals surface area contributed by atoms with Crippen LogP contribution in [0.3, 0.4) is 0 Å². The molecule has 0 fully saturated rings. The first-order valence-corrected chi connectivity index (χ1v) is 22.3. The lowest BCUT2D eigenvalue weighted by Gasteiger charge is -2.14. The van der Waals surface area contributed by atoms with Crippen LogP contribution in [0.5, 0.6) is 5.75 Å². The van der Waals surface area contributed by atoms with E-state index in [0.717, 1.165) is 52.4 Å². The van der Waals surface area contributed by atoms with Crippen LogP contribution in [-0.4, -0.2) is 32.2 Å². The molecule has 5 N–H and O–H groups in total. The number of rotatable bonds is 12. The lowest BCUT2D eigenvalue weighted by molar-refractivity contribution is -0.655. The Balaban J connectivity index is 0.000000193. The molecular formula is C49H45Cl2N8O3S+. The molecule has 0 saturated carbocycles. The Bertz CT molecular complexity index is 2950. The number of thioether (sulfide) groups is 1. The molecule has 9 rings (SSSR count). The van der Waals surface area contributed by atoms with Gasteiger partial charge in [0, 0.05) is 67.3 Å². The highest BCUT2D eigenvalue weighted by molar-refractivity contribution is 7.99. The zero-order valence-corrected chi connectivity index (χ0v) is 37.0. The first kappa shape index (κ1) is 43.1. The second kappa shape index (κ2) is 19.6. The van der Waals surface area contributed by atoms with Crippen molar-refractivity contribution in [1.82, 2.24) is 14.9 Å². The standard InChI is InChI=1S/C28H25Cl2N5O3S.C21H19N3/c1-2-14-39-28-32-31-26(35(28)33-27(36)18-8-4-3-5-9-18)17-37-24-11-7-6-10-21(24)23-16-25(38-34-23)20-13-12-19(29)15-22(20)30;1-2-24-20-13-16(23)9-11-18(20)17-10-8-15(22)12-19(17)21(24)14-6-4-3-5-7-14/h3-13,15,25H,2,14,16-17H2,1H3,(H,33,36);3-13,23H,2,22H2,1H3/p+1. The SMILES string of the molecule is CCCSc1nnc(COc2ccccc2C2=NOC(c3ccc(Cl)cc3Cl)C2)n1NC(=O)c1ccccc1.CC[n+]1c(-c2ccccc2)c2cc(N)ccc2c2ccc(N)cc21. The van der Waals surface area contributed by atoms with Gasteiger partial charge in [-0.05, 0) is 86.1 Å². The van der Waals surface area contributed by atoms with Crippen molar-refractivity contribution in [2.45, 2.75) is 51.1 Å². The number of carbonyl (C=O) groups excluding carboxylic acids is 1. The summed E-state index contributed by atoms with van der Waals surface area (Å²) in [6.07, 6.45) is 1.14. The minimum atomic E-state index is -0.327. The highest BCUT2D eigenvalue weighted by Gasteiger charge is 2.28. The second-order valence-electron chi connectivity index (χ2n) is 14.7. The van der Waals surface area contributed by atoms with Crippen LogP contribution in [-0.2, 0) is 18.0 Å². The normalized spacial score (nSPS) is 13.3. The first-order chi connectivity index (χ1) is 30.7. The molecule has 1 amide bonds. The Morgan fingerprint density at radius 1 is 0.841 bits per heavy atom. The molecule has 14 heteroatoms. The number of nitrogen functional groups attached to an aromatic ring is 2. The number of hydrogen-bond acceptors (Lipinski definition) is 9. The molecule has 0 saturated heterocycles. The summed E-state index contributed by atoms with van der Waals surface area (Å²) in [4.78, 5) is 18.6. The fourth-order valence-corrected chi connectivity index (χ4v) is 8.78. The fourth-order valence-electron chi connectivity index (χ4n) is 7.48. The molecule has 0 aliphatic carbocycles. The molecule has 1 aliphatic rings. The van der Waals surface area contributed by atoms with E-state index in [4.69, 9.17) is 44.2 Å². The third kappa shape index (κ3) is 9.58. The molecule has 3 heterocycles. The Morgan fingerprint density at radius 3 is 2.30 bits per heavy atom. The summed E-state index contributed by atoms with van der Waals surface area (Å²) >= 11 is 13.9. The predicted octanol–water partition coefficient (Wildman–Crippen LogP) is 11.0. The van der Waals surface area contributed by atoms with E-state index >= 15 is 0 Å². The van der Waals surface area contributed by atoms with Gasteiger partial charge in [0.05, 0.1) is 16.5 Å².